The van der Waals surface area contributed by atoms with Gasteiger partial charge in [-0.05, 0) is 25.7 Å². The Balaban J connectivity index is 2.20. The van der Waals surface area contributed by atoms with E-state index in [0.717, 1.165) is 19.3 Å². The molecule has 0 heterocycles. The smallest absolute Gasteiger partial charge is 0.223 e. The van der Waals surface area contributed by atoms with Gasteiger partial charge in [-0.25, -0.2) is 0 Å². The van der Waals surface area contributed by atoms with Gasteiger partial charge in [-0.2, -0.15) is 0 Å². The predicted molar refractivity (Wildman–Crippen MR) is 69.7 cm³/mol. The molecule has 3 heteroatoms. The summed E-state index contributed by atoms with van der Waals surface area (Å²) in [5, 5.41) is 12.4. The Bertz CT molecular complexity index is 210. The number of aliphatic hydroxyl groups excluding tert-OH is 1. The zero-order valence-corrected chi connectivity index (χ0v) is 11.1. The zero-order chi connectivity index (χ0) is 12.5. The van der Waals surface area contributed by atoms with E-state index in [2.05, 4.69) is 5.32 Å². The molecule has 1 aliphatic carbocycles. The number of hydrogen-bond acceptors (Lipinski definition) is 2. The van der Waals surface area contributed by atoms with Gasteiger partial charge in [-0.15, -0.1) is 0 Å². The minimum atomic E-state index is -0.271. The lowest BCUT2D eigenvalue weighted by atomic mass is 9.90. The van der Waals surface area contributed by atoms with Crippen LogP contribution in [0, 0.1) is 5.92 Å². The Morgan fingerprint density at radius 2 is 1.82 bits per heavy atom. The molecule has 1 amide bonds. The third-order valence-corrected chi connectivity index (χ3v) is 3.72. The average molecular weight is 241 g/mol. The molecule has 1 saturated carbocycles. The van der Waals surface area contributed by atoms with Crippen molar-refractivity contribution in [3.05, 3.63) is 0 Å². The monoisotopic (exact) mass is 241 g/mol. The first-order chi connectivity index (χ1) is 8.24. The highest BCUT2D eigenvalue weighted by Crippen LogP contribution is 2.22. The number of carbonyl (C=O) groups is 1. The molecular formula is C14H27NO2. The SMILES string of the molecule is CCC(O)CCNC(=O)C1CCCCCCC1. The fourth-order valence-electron chi connectivity index (χ4n) is 2.43. The fraction of sp³-hybridized carbons (Fsp3) is 0.929. The van der Waals surface area contributed by atoms with E-state index < -0.39 is 0 Å². The maximum absolute atomic E-state index is 11.9. The normalized spacial score (nSPS) is 20.4. The molecule has 0 spiro atoms. The van der Waals surface area contributed by atoms with E-state index in [-0.39, 0.29) is 17.9 Å². The van der Waals surface area contributed by atoms with Gasteiger partial charge in [-0.1, -0.05) is 39.0 Å². The Morgan fingerprint density at radius 3 is 2.41 bits per heavy atom. The van der Waals surface area contributed by atoms with E-state index in [1.165, 1.54) is 32.1 Å². The highest BCUT2D eigenvalue weighted by molar-refractivity contribution is 5.78. The molecular weight excluding hydrogens is 214 g/mol. The Kier molecular flexibility index (Phi) is 7.25. The van der Waals surface area contributed by atoms with Crippen LogP contribution >= 0.6 is 0 Å². The minimum Gasteiger partial charge on any atom is -0.393 e. The van der Waals surface area contributed by atoms with Gasteiger partial charge < -0.3 is 10.4 Å². The third kappa shape index (κ3) is 6.06. The number of aliphatic hydroxyl groups is 1. The first-order valence-corrected chi connectivity index (χ1v) is 7.19. The Hall–Kier alpha value is -0.570. The van der Waals surface area contributed by atoms with Crippen LogP contribution in [0.4, 0.5) is 0 Å². The first kappa shape index (κ1) is 14.5. The van der Waals surface area contributed by atoms with Crippen LogP contribution in [-0.4, -0.2) is 23.7 Å². The van der Waals surface area contributed by atoms with Crippen molar-refractivity contribution in [3.63, 3.8) is 0 Å². The quantitative estimate of drug-likeness (QED) is 0.777. The molecule has 17 heavy (non-hydrogen) atoms. The van der Waals surface area contributed by atoms with Crippen LogP contribution in [0.25, 0.3) is 0 Å². The van der Waals surface area contributed by atoms with Gasteiger partial charge in [0.15, 0.2) is 0 Å². The van der Waals surface area contributed by atoms with Gasteiger partial charge in [0.05, 0.1) is 6.10 Å². The highest BCUT2D eigenvalue weighted by Gasteiger charge is 2.18. The van der Waals surface area contributed by atoms with Gasteiger partial charge >= 0.3 is 0 Å². The molecule has 1 aliphatic rings. The van der Waals surface area contributed by atoms with E-state index in [9.17, 15) is 9.90 Å². The van der Waals surface area contributed by atoms with Crippen molar-refractivity contribution in [2.24, 2.45) is 5.92 Å². The van der Waals surface area contributed by atoms with E-state index in [4.69, 9.17) is 0 Å². The molecule has 0 aliphatic heterocycles. The van der Waals surface area contributed by atoms with E-state index in [1.54, 1.807) is 0 Å². The molecule has 1 rings (SSSR count). The number of rotatable bonds is 5. The van der Waals surface area contributed by atoms with Crippen molar-refractivity contribution < 1.29 is 9.90 Å². The molecule has 0 aromatic rings. The first-order valence-electron chi connectivity index (χ1n) is 7.19. The Morgan fingerprint density at radius 1 is 1.24 bits per heavy atom. The molecule has 0 radical (unpaired) electrons. The van der Waals surface area contributed by atoms with E-state index in [0.29, 0.717) is 13.0 Å². The number of hydrogen-bond donors (Lipinski definition) is 2. The molecule has 0 aromatic carbocycles. The lowest BCUT2D eigenvalue weighted by Gasteiger charge is -2.19. The number of carbonyl (C=O) groups excluding carboxylic acids is 1. The second-order valence-corrected chi connectivity index (χ2v) is 5.18. The van der Waals surface area contributed by atoms with Crippen LogP contribution in [0.5, 0.6) is 0 Å². The van der Waals surface area contributed by atoms with Gasteiger partial charge in [0.2, 0.25) is 5.91 Å². The summed E-state index contributed by atoms with van der Waals surface area (Å²) in [6.45, 7) is 2.58. The predicted octanol–water partition coefficient (Wildman–Crippen LogP) is 2.62. The standard InChI is InChI=1S/C14H27NO2/c1-2-13(16)10-11-15-14(17)12-8-6-4-3-5-7-9-12/h12-13,16H,2-11H2,1H3,(H,15,17). The minimum absolute atomic E-state index is 0.204. The van der Waals surface area contributed by atoms with Crippen LogP contribution in [0.2, 0.25) is 0 Å². The van der Waals surface area contributed by atoms with Gasteiger partial charge in [0.1, 0.15) is 0 Å². The van der Waals surface area contributed by atoms with Crippen LogP contribution < -0.4 is 5.32 Å². The van der Waals surface area contributed by atoms with E-state index in [1.807, 2.05) is 6.92 Å². The van der Waals surface area contributed by atoms with E-state index >= 15 is 0 Å². The summed E-state index contributed by atoms with van der Waals surface area (Å²) in [5.41, 5.74) is 0. The summed E-state index contributed by atoms with van der Waals surface area (Å²) < 4.78 is 0. The van der Waals surface area contributed by atoms with Crippen molar-refractivity contribution in [2.75, 3.05) is 6.54 Å². The molecule has 2 N–H and O–H groups in total. The lowest BCUT2D eigenvalue weighted by molar-refractivity contribution is -0.125. The molecule has 0 aromatic heterocycles. The van der Waals surface area contributed by atoms with Crippen molar-refractivity contribution in [1.82, 2.24) is 5.32 Å². The molecule has 100 valence electrons. The second-order valence-electron chi connectivity index (χ2n) is 5.18. The van der Waals surface area contributed by atoms with Gasteiger partial charge in [0.25, 0.3) is 0 Å². The fourth-order valence-corrected chi connectivity index (χ4v) is 2.43. The van der Waals surface area contributed by atoms with Crippen LogP contribution in [0.3, 0.4) is 0 Å². The lowest BCUT2D eigenvalue weighted by Crippen LogP contribution is -2.33. The maximum atomic E-state index is 11.9. The molecule has 1 atom stereocenters. The molecule has 3 nitrogen and oxygen atoms in total. The molecule has 1 unspecified atom stereocenters. The number of nitrogens with one attached hydrogen (secondary N) is 1. The van der Waals surface area contributed by atoms with Crippen molar-refractivity contribution in [3.8, 4) is 0 Å². The summed E-state index contributed by atoms with van der Waals surface area (Å²) >= 11 is 0. The average Bonchev–Trinajstić information content (AvgIpc) is 2.28. The van der Waals surface area contributed by atoms with Crippen molar-refractivity contribution in [1.29, 1.82) is 0 Å². The highest BCUT2D eigenvalue weighted by atomic mass is 16.3. The topological polar surface area (TPSA) is 49.3 Å². The summed E-state index contributed by atoms with van der Waals surface area (Å²) in [6, 6.07) is 0. The van der Waals surface area contributed by atoms with Crippen LogP contribution in [0.1, 0.15) is 64.7 Å². The Labute approximate surface area is 105 Å². The maximum Gasteiger partial charge on any atom is 0.223 e. The second kappa shape index (κ2) is 8.51. The third-order valence-electron chi connectivity index (χ3n) is 3.72. The summed E-state index contributed by atoms with van der Waals surface area (Å²) in [4.78, 5) is 11.9. The molecule has 1 fully saturated rings. The zero-order valence-electron chi connectivity index (χ0n) is 11.1. The summed E-state index contributed by atoms with van der Waals surface area (Å²) in [5.74, 6) is 0.421. The largest absolute Gasteiger partial charge is 0.393 e. The van der Waals surface area contributed by atoms with Crippen LogP contribution in [-0.2, 0) is 4.79 Å². The van der Waals surface area contributed by atoms with Crippen molar-refractivity contribution >= 4 is 5.91 Å². The molecule has 0 saturated heterocycles. The van der Waals surface area contributed by atoms with Gasteiger partial charge in [0, 0.05) is 12.5 Å². The number of amides is 1. The molecule has 0 bridgehead atoms. The van der Waals surface area contributed by atoms with Crippen LogP contribution in [0.15, 0.2) is 0 Å². The van der Waals surface area contributed by atoms with Gasteiger partial charge in [-0.3, -0.25) is 4.79 Å². The van der Waals surface area contributed by atoms with Crippen molar-refractivity contribution in [2.45, 2.75) is 70.8 Å². The summed E-state index contributed by atoms with van der Waals surface area (Å²) in [7, 11) is 0. The summed E-state index contributed by atoms with van der Waals surface area (Å²) in [6.07, 6.45) is 9.52.